The van der Waals surface area contributed by atoms with Crippen LogP contribution in [0.2, 0.25) is 0 Å². The van der Waals surface area contributed by atoms with E-state index in [0.717, 1.165) is 17.0 Å². The van der Waals surface area contributed by atoms with Crippen molar-refractivity contribution in [2.75, 3.05) is 20.8 Å². The van der Waals surface area contributed by atoms with Crippen LogP contribution in [0.3, 0.4) is 0 Å². The van der Waals surface area contributed by atoms with Gasteiger partial charge in [0.25, 0.3) is 0 Å². The molecule has 27 heavy (non-hydrogen) atoms. The fraction of sp³-hybridized carbons (Fsp3) is 0.500. The van der Waals surface area contributed by atoms with Crippen LogP contribution in [0.5, 0.6) is 0 Å². The normalized spacial score (nSPS) is 23.0. The summed E-state index contributed by atoms with van der Waals surface area (Å²) >= 11 is 0. The van der Waals surface area contributed by atoms with Crippen LogP contribution in [0.4, 0.5) is 0 Å². The molecule has 1 aliphatic rings. The van der Waals surface area contributed by atoms with E-state index in [-0.39, 0.29) is 24.3 Å². The summed E-state index contributed by atoms with van der Waals surface area (Å²) in [5.41, 5.74) is 0.891. The van der Waals surface area contributed by atoms with E-state index in [4.69, 9.17) is 4.74 Å². The number of nitrogens with zero attached hydrogens (tertiary/aromatic N) is 1. The lowest BCUT2D eigenvalue weighted by Crippen LogP contribution is -2.44. The lowest BCUT2D eigenvalue weighted by atomic mass is 9.86. The maximum atomic E-state index is 13.1. The maximum absolute atomic E-state index is 13.1. The van der Waals surface area contributed by atoms with E-state index in [1.807, 2.05) is 6.92 Å². The van der Waals surface area contributed by atoms with Crippen molar-refractivity contribution in [1.82, 2.24) is 4.31 Å². The van der Waals surface area contributed by atoms with Crippen molar-refractivity contribution < 1.29 is 32.3 Å². The van der Waals surface area contributed by atoms with Gasteiger partial charge < -0.3 is 14.3 Å². The van der Waals surface area contributed by atoms with E-state index in [2.05, 4.69) is 4.74 Å². The highest BCUT2D eigenvalue weighted by molar-refractivity contribution is 7.89. The van der Waals surface area contributed by atoms with Crippen molar-refractivity contribution in [1.29, 1.82) is 0 Å². The van der Waals surface area contributed by atoms with E-state index in [1.165, 1.54) is 19.2 Å². The van der Waals surface area contributed by atoms with Gasteiger partial charge in [-0.25, -0.2) is 8.42 Å². The van der Waals surface area contributed by atoms with E-state index in [9.17, 15) is 22.8 Å². The molecule has 148 valence electrons. The van der Waals surface area contributed by atoms with Gasteiger partial charge in [0.1, 0.15) is 12.3 Å². The molecule has 0 saturated carbocycles. The highest BCUT2D eigenvalue weighted by atomic mass is 32.2. The van der Waals surface area contributed by atoms with E-state index in [1.54, 1.807) is 12.1 Å². The van der Waals surface area contributed by atoms with Crippen molar-refractivity contribution in [2.24, 2.45) is 11.8 Å². The molecule has 2 rings (SSSR count). The van der Waals surface area contributed by atoms with Crippen LogP contribution < -0.4 is 0 Å². The first kappa shape index (κ1) is 21.0. The Bertz CT molecular complexity index is 804. The minimum absolute atomic E-state index is 0.0229. The summed E-state index contributed by atoms with van der Waals surface area (Å²) in [6.45, 7) is 1.77. The average Bonchev–Trinajstić information content (AvgIpc) is 3.00. The molecule has 0 spiro atoms. The predicted molar refractivity (Wildman–Crippen MR) is 95.2 cm³/mol. The van der Waals surface area contributed by atoms with Crippen molar-refractivity contribution >= 4 is 28.2 Å². The number of benzene rings is 1. The molecule has 0 aliphatic carbocycles. The van der Waals surface area contributed by atoms with Crippen molar-refractivity contribution in [2.45, 2.75) is 30.7 Å². The van der Waals surface area contributed by atoms with Crippen molar-refractivity contribution in [3.05, 3.63) is 29.8 Å². The Labute approximate surface area is 158 Å². The second kappa shape index (κ2) is 8.62. The first-order valence-corrected chi connectivity index (χ1v) is 9.87. The lowest BCUT2D eigenvalue weighted by Gasteiger charge is -2.25. The molecule has 0 N–H and O–H groups in total. The van der Waals surface area contributed by atoms with Gasteiger partial charge in [0.15, 0.2) is 0 Å². The zero-order valence-corrected chi connectivity index (χ0v) is 16.3. The third-order valence-electron chi connectivity index (χ3n) is 4.84. The minimum Gasteiger partial charge on any atom is -0.469 e. The third kappa shape index (κ3) is 4.36. The average molecular weight is 397 g/mol. The van der Waals surface area contributed by atoms with Crippen molar-refractivity contribution in [3.8, 4) is 0 Å². The maximum Gasteiger partial charge on any atom is 0.324 e. The largest absolute Gasteiger partial charge is 0.469 e. The number of aryl methyl sites for hydroxylation is 1. The number of ether oxygens (including phenoxy) is 2. The van der Waals surface area contributed by atoms with E-state index in [0.29, 0.717) is 6.29 Å². The Morgan fingerprint density at radius 3 is 2.33 bits per heavy atom. The van der Waals surface area contributed by atoms with E-state index < -0.39 is 39.8 Å². The van der Waals surface area contributed by atoms with Gasteiger partial charge in [0.2, 0.25) is 10.0 Å². The number of hydrogen-bond acceptors (Lipinski definition) is 7. The molecule has 0 amide bonds. The molecule has 0 bridgehead atoms. The molecule has 3 atom stereocenters. The molecule has 0 aromatic heterocycles. The molecule has 1 saturated heterocycles. The van der Waals surface area contributed by atoms with Gasteiger partial charge in [0, 0.05) is 18.9 Å². The summed E-state index contributed by atoms with van der Waals surface area (Å²) in [5, 5.41) is 0. The molecule has 1 aromatic carbocycles. The summed E-state index contributed by atoms with van der Waals surface area (Å²) < 4.78 is 36.8. The summed E-state index contributed by atoms with van der Waals surface area (Å²) in [4.78, 5) is 35.3. The zero-order chi connectivity index (χ0) is 20.2. The number of hydrogen-bond donors (Lipinski definition) is 0. The van der Waals surface area contributed by atoms with Crippen molar-refractivity contribution in [3.63, 3.8) is 0 Å². The molecule has 9 heteroatoms. The molecule has 8 nitrogen and oxygen atoms in total. The molecular formula is C18H23NO7S. The monoisotopic (exact) mass is 397 g/mol. The van der Waals surface area contributed by atoms with Crippen LogP contribution in [0.15, 0.2) is 29.2 Å². The Balaban J connectivity index is 2.48. The standard InChI is InChI=1S/C18H23NO7S/c1-12-4-6-14(7-5-12)27(23,24)19-11-13(8-9-20)15(10-16(21)25-2)17(19)18(22)26-3/h4-7,9,13,15,17H,8,10-11H2,1-3H3/t13-,15-,17-/m0/s1. The number of rotatable bonds is 7. The molecule has 0 radical (unpaired) electrons. The number of methoxy groups -OCH3 is 2. The van der Waals surface area contributed by atoms with Gasteiger partial charge in [-0.3, -0.25) is 9.59 Å². The van der Waals surface area contributed by atoms with Gasteiger partial charge in [-0.2, -0.15) is 4.31 Å². The Morgan fingerprint density at radius 2 is 1.81 bits per heavy atom. The van der Waals surface area contributed by atoms with Gasteiger partial charge in [0.05, 0.1) is 25.5 Å². The third-order valence-corrected chi connectivity index (χ3v) is 6.70. The van der Waals surface area contributed by atoms with Crippen LogP contribution in [-0.4, -0.2) is 57.8 Å². The van der Waals surface area contributed by atoms with Crippen LogP contribution in [0, 0.1) is 18.8 Å². The lowest BCUT2D eigenvalue weighted by molar-refractivity contribution is -0.147. The van der Waals surface area contributed by atoms with Gasteiger partial charge in [-0.1, -0.05) is 17.7 Å². The number of sulfonamides is 1. The Kier molecular flexibility index (Phi) is 6.72. The molecule has 1 heterocycles. The number of carbonyl (C=O) groups is 3. The molecule has 1 aromatic rings. The van der Waals surface area contributed by atoms with Gasteiger partial charge >= 0.3 is 11.9 Å². The summed E-state index contributed by atoms with van der Waals surface area (Å²) in [6, 6.07) is 5.03. The number of aldehydes is 1. The van der Waals surface area contributed by atoms with Crippen LogP contribution in [0.1, 0.15) is 18.4 Å². The van der Waals surface area contributed by atoms with Crippen LogP contribution in [-0.2, 0) is 33.9 Å². The molecule has 1 fully saturated rings. The summed E-state index contributed by atoms with van der Waals surface area (Å²) in [5.74, 6) is -2.56. The van der Waals surface area contributed by atoms with Crippen LogP contribution in [0.25, 0.3) is 0 Å². The highest BCUT2D eigenvalue weighted by Gasteiger charge is 2.51. The second-order valence-corrected chi connectivity index (χ2v) is 8.35. The second-order valence-electron chi connectivity index (χ2n) is 6.46. The van der Waals surface area contributed by atoms with E-state index >= 15 is 0 Å². The zero-order valence-electron chi connectivity index (χ0n) is 15.5. The number of esters is 2. The molecule has 1 aliphatic heterocycles. The predicted octanol–water partition coefficient (Wildman–Crippen LogP) is 0.925. The number of carbonyl (C=O) groups excluding carboxylic acids is 3. The smallest absolute Gasteiger partial charge is 0.324 e. The minimum atomic E-state index is -4.02. The Hall–Kier alpha value is -2.26. The first-order chi connectivity index (χ1) is 12.8. The molecular weight excluding hydrogens is 374 g/mol. The first-order valence-electron chi connectivity index (χ1n) is 8.43. The fourth-order valence-corrected chi connectivity index (χ4v) is 5.06. The molecule has 0 unspecified atom stereocenters. The topological polar surface area (TPSA) is 107 Å². The fourth-order valence-electron chi connectivity index (χ4n) is 3.38. The summed E-state index contributed by atoms with van der Waals surface area (Å²) in [6.07, 6.45) is 0.495. The van der Waals surface area contributed by atoms with Gasteiger partial charge in [-0.05, 0) is 25.0 Å². The van der Waals surface area contributed by atoms with Gasteiger partial charge in [-0.15, -0.1) is 0 Å². The SMILES string of the molecule is COC(=O)C[C@H]1[C@@H](CC=O)CN(S(=O)(=O)c2ccc(C)cc2)[C@@H]1C(=O)OC. The van der Waals surface area contributed by atoms with Crippen LogP contribution >= 0.6 is 0 Å². The Morgan fingerprint density at radius 1 is 1.19 bits per heavy atom. The quantitative estimate of drug-likeness (QED) is 0.497. The summed E-state index contributed by atoms with van der Waals surface area (Å²) in [7, 11) is -1.66. The highest BCUT2D eigenvalue weighted by Crippen LogP contribution is 2.38.